The monoisotopic (exact) mass is 280 g/mol. The summed E-state index contributed by atoms with van der Waals surface area (Å²) >= 11 is 0. The molecule has 1 aliphatic heterocycles. The van der Waals surface area contributed by atoms with Gasteiger partial charge in [0.05, 0.1) is 16.8 Å². The van der Waals surface area contributed by atoms with Crippen molar-refractivity contribution >= 4 is 17.5 Å². The lowest BCUT2D eigenvalue weighted by molar-refractivity contribution is -0.137. The lowest BCUT2D eigenvalue weighted by atomic mass is 10.1. The van der Waals surface area contributed by atoms with E-state index < -0.39 is 23.6 Å². The molecule has 1 aromatic rings. The first-order valence-electron chi connectivity index (χ1n) is 5.44. The molecule has 0 spiro atoms. The molecule has 1 heterocycles. The number of hydrogen-bond donors (Lipinski definition) is 0. The van der Waals surface area contributed by atoms with Gasteiger partial charge in [0.2, 0.25) is 0 Å². The zero-order valence-electron chi connectivity index (χ0n) is 10.2. The Hall–Kier alpha value is -2.62. The molecule has 0 fully saturated rings. The quantitative estimate of drug-likeness (QED) is 0.742. The molecular formula is C13H7F3N2O2. The van der Waals surface area contributed by atoms with Gasteiger partial charge in [-0.3, -0.25) is 9.59 Å². The molecule has 0 bridgehead atoms. The van der Waals surface area contributed by atoms with Crippen LogP contribution in [-0.2, 0) is 15.8 Å². The smallest absolute Gasteiger partial charge is 0.269 e. The highest BCUT2D eigenvalue weighted by Crippen LogP contribution is 2.33. The molecule has 1 aromatic carbocycles. The lowest BCUT2D eigenvalue weighted by Gasteiger charge is -2.17. The number of alkyl halides is 3. The van der Waals surface area contributed by atoms with Crippen molar-refractivity contribution in [3.8, 4) is 6.07 Å². The van der Waals surface area contributed by atoms with E-state index >= 15 is 0 Å². The molecular weight excluding hydrogens is 273 g/mol. The van der Waals surface area contributed by atoms with Gasteiger partial charge in [-0.2, -0.15) is 18.4 Å². The summed E-state index contributed by atoms with van der Waals surface area (Å²) in [6.07, 6.45) is -3.53. The Balaban J connectivity index is 2.53. The summed E-state index contributed by atoms with van der Waals surface area (Å²) in [6, 6.07) is 3.86. The van der Waals surface area contributed by atoms with Crippen LogP contribution in [0.2, 0.25) is 0 Å². The number of carbonyl (C=O) groups excluding carboxylic acids is 2. The zero-order valence-corrected chi connectivity index (χ0v) is 10.2. The number of nitrogens with zero attached hydrogens (tertiary/aromatic N) is 2. The van der Waals surface area contributed by atoms with Crippen LogP contribution in [0.1, 0.15) is 18.1 Å². The molecule has 7 heteroatoms. The van der Waals surface area contributed by atoms with E-state index in [2.05, 4.69) is 0 Å². The molecule has 0 saturated carbocycles. The molecule has 102 valence electrons. The predicted molar refractivity (Wildman–Crippen MR) is 62.4 cm³/mol. The molecule has 0 aliphatic carbocycles. The molecule has 0 N–H and O–H groups in total. The van der Waals surface area contributed by atoms with Crippen LogP contribution in [0, 0.1) is 11.3 Å². The second-order valence-electron chi connectivity index (χ2n) is 4.15. The van der Waals surface area contributed by atoms with Crippen molar-refractivity contribution in [2.75, 3.05) is 4.90 Å². The van der Waals surface area contributed by atoms with E-state index in [1.54, 1.807) is 6.07 Å². The predicted octanol–water partition coefficient (Wildman–Crippen LogP) is 2.40. The maximum Gasteiger partial charge on any atom is 0.416 e. The third-order valence-electron chi connectivity index (χ3n) is 2.79. The van der Waals surface area contributed by atoms with Gasteiger partial charge in [-0.25, -0.2) is 4.90 Å². The standard InChI is InChI=1S/C13H7F3N2O2/c1-7-4-11(19)18(12(7)20)10-3-2-9(13(14,15)16)5-8(10)6-17/h2-5H,1H3. The molecule has 0 aromatic heterocycles. The van der Waals surface area contributed by atoms with E-state index in [1.807, 2.05) is 0 Å². The van der Waals surface area contributed by atoms with Crippen LogP contribution in [0.4, 0.5) is 18.9 Å². The second-order valence-corrected chi connectivity index (χ2v) is 4.15. The van der Waals surface area contributed by atoms with Crippen molar-refractivity contribution < 1.29 is 22.8 Å². The second kappa shape index (κ2) is 4.49. The van der Waals surface area contributed by atoms with Gasteiger partial charge in [0.15, 0.2) is 0 Å². The number of halogens is 3. The summed E-state index contributed by atoms with van der Waals surface area (Å²) < 4.78 is 37.7. The van der Waals surface area contributed by atoms with Gasteiger partial charge < -0.3 is 0 Å². The van der Waals surface area contributed by atoms with Crippen molar-refractivity contribution in [3.05, 3.63) is 41.0 Å². The number of imide groups is 1. The molecule has 1 aliphatic rings. The SMILES string of the molecule is CC1=CC(=O)N(c2ccc(C(F)(F)F)cc2C#N)C1=O. The number of rotatable bonds is 1. The van der Waals surface area contributed by atoms with E-state index in [0.29, 0.717) is 11.0 Å². The van der Waals surface area contributed by atoms with E-state index in [1.165, 1.54) is 6.92 Å². The van der Waals surface area contributed by atoms with Crippen LogP contribution in [0.25, 0.3) is 0 Å². The Labute approximate surface area is 111 Å². The summed E-state index contributed by atoms with van der Waals surface area (Å²) in [5.74, 6) is -1.32. The van der Waals surface area contributed by atoms with Crippen molar-refractivity contribution in [1.82, 2.24) is 0 Å². The van der Waals surface area contributed by atoms with Gasteiger partial charge >= 0.3 is 6.18 Å². The molecule has 0 unspecified atom stereocenters. The number of benzene rings is 1. The topological polar surface area (TPSA) is 61.2 Å². The van der Waals surface area contributed by atoms with Gasteiger partial charge in [0.1, 0.15) is 6.07 Å². The molecule has 20 heavy (non-hydrogen) atoms. The summed E-state index contributed by atoms with van der Waals surface area (Å²) in [6.45, 7) is 1.41. The average Bonchev–Trinajstić information content (AvgIpc) is 2.61. The third-order valence-corrected chi connectivity index (χ3v) is 2.79. The zero-order chi connectivity index (χ0) is 15.1. The third kappa shape index (κ3) is 2.16. The highest BCUT2D eigenvalue weighted by atomic mass is 19.4. The fourth-order valence-electron chi connectivity index (χ4n) is 1.81. The Morgan fingerprint density at radius 1 is 1.25 bits per heavy atom. The van der Waals surface area contributed by atoms with Crippen LogP contribution in [0.5, 0.6) is 0 Å². The largest absolute Gasteiger partial charge is 0.416 e. The highest BCUT2D eigenvalue weighted by molar-refractivity contribution is 6.30. The van der Waals surface area contributed by atoms with E-state index in [-0.39, 0.29) is 16.8 Å². The molecule has 0 atom stereocenters. The van der Waals surface area contributed by atoms with Crippen molar-refractivity contribution in [2.45, 2.75) is 13.1 Å². The minimum Gasteiger partial charge on any atom is -0.269 e. The van der Waals surface area contributed by atoms with Crippen LogP contribution < -0.4 is 4.90 Å². The summed E-state index contributed by atoms with van der Waals surface area (Å²) in [7, 11) is 0. The minimum absolute atomic E-state index is 0.149. The first kappa shape index (κ1) is 13.8. The van der Waals surface area contributed by atoms with E-state index in [4.69, 9.17) is 5.26 Å². The van der Waals surface area contributed by atoms with Gasteiger partial charge in [0.25, 0.3) is 11.8 Å². The molecule has 0 radical (unpaired) electrons. The highest BCUT2D eigenvalue weighted by Gasteiger charge is 2.34. The number of nitriles is 1. The van der Waals surface area contributed by atoms with Gasteiger partial charge in [-0.1, -0.05) is 0 Å². The van der Waals surface area contributed by atoms with Crippen LogP contribution >= 0.6 is 0 Å². The Kier molecular flexibility index (Phi) is 3.10. The summed E-state index contributed by atoms with van der Waals surface area (Å²) in [4.78, 5) is 24.1. The fourth-order valence-corrected chi connectivity index (χ4v) is 1.81. The van der Waals surface area contributed by atoms with Crippen LogP contribution in [0.3, 0.4) is 0 Å². The van der Waals surface area contributed by atoms with Crippen molar-refractivity contribution in [2.24, 2.45) is 0 Å². The first-order chi connectivity index (χ1) is 9.25. The molecule has 2 amide bonds. The van der Waals surface area contributed by atoms with Gasteiger partial charge in [-0.15, -0.1) is 0 Å². The number of carbonyl (C=O) groups is 2. The Bertz CT molecular complexity index is 684. The molecule has 4 nitrogen and oxygen atoms in total. The molecule has 0 saturated heterocycles. The van der Waals surface area contributed by atoms with Gasteiger partial charge in [0, 0.05) is 11.6 Å². The van der Waals surface area contributed by atoms with E-state index in [9.17, 15) is 22.8 Å². The first-order valence-corrected chi connectivity index (χ1v) is 5.44. The number of amides is 2. The van der Waals surface area contributed by atoms with Crippen LogP contribution in [-0.4, -0.2) is 11.8 Å². The van der Waals surface area contributed by atoms with Gasteiger partial charge in [-0.05, 0) is 25.1 Å². The maximum atomic E-state index is 12.6. The van der Waals surface area contributed by atoms with E-state index in [0.717, 1.165) is 18.2 Å². The normalized spacial score (nSPS) is 15.3. The summed E-state index contributed by atoms with van der Waals surface area (Å²) in [5, 5.41) is 8.92. The Morgan fingerprint density at radius 3 is 2.35 bits per heavy atom. The number of hydrogen-bond acceptors (Lipinski definition) is 3. The Morgan fingerprint density at radius 2 is 1.90 bits per heavy atom. The average molecular weight is 280 g/mol. The van der Waals surface area contributed by atoms with Crippen LogP contribution in [0.15, 0.2) is 29.8 Å². The van der Waals surface area contributed by atoms with Crippen molar-refractivity contribution in [1.29, 1.82) is 5.26 Å². The molecule has 2 rings (SSSR count). The number of anilines is 1. The fraction of sp³-hybridized carbons (Fsp3) is 0.154. The lowest BCUT2D eigenvalue weighted by Crippen LogP contribution is -2.31. The summed E-state index contributed by atoms with van der Waals surface area (Å²) in [5.41, 5.74) is -1.38. The maximum absolute atomic E-state index is 12.6. The van der Waals surface area contributed by atoms with Crippen molar-refractivity contribution in [3.63, 3.8) is 0 Å². The minimum atomic E-state index is -4.60.